The van der Waals surface area contributed by atoms with Crippen LogP contribution in [0.5, 0.6) is 5.75 Å². The lowest BCUT2D eigenvalue weighted by molar-refractivity contribution is -0.139. The minimum atomic E-state index is 0.130. The summed E-state index contributed by atoms with van der Waals surface area (Å²) in [5, 5.41) is 0. The lowest BCUT2D eigenvalue weighted by atomic mass is 10.1. The fourth-order valence-electron chi connectivity index (χ4n) is 3.37. The van der Waals surface area contributed by atoms with Crippen molar-refractivity contribution in [2.75, 3.05) is 32.8 Å². The first-order chi connectivity index (χ1) is 13.6. The molecule has 5 heteroatoms. The van der Waals surface area contributed by atoms with Gasteiger partial charge < -0.3 is 14.5 Å². The zero-order valence-corrected chi connectivity index (χ0v) is 16.5. The highest BCUT2D eigenvalue weighted by atomic mass is 16.5. The Hall–Kier alpha value is -2.82. The third kappa shape index (κ3) is 5.59. The zero-order chi connectivity index (χ0) is 19.8. The Kier molecular flexibility index (Phi) is 7.06. The van der Waals surface area contributed by atoms with E-state index in [1.165, 1.54) is 0 Å². The lowest BCUT2D eigenvalue weighted by Crippen LogP contribution is -2.51. The number of carbonyl (C=O) groups excluding carboxylic acids is 2. The minimum Gasteiger partial charge on any atom is -0.493 e. The Balaban J connectivity index is 1.35. The number of amides is 2. The second-order valence-electron chi connectivity index (χ2n) is 7.14. The van der Waals surface area contributed by atoms with Crippen LogP contribution in [0.1, 0.15) is 24.0 Å². The molecular weight excluding hydrogens is 352 g/mol. The minimum absolute atomic E-state index is 0.130. The maximum absolute atomic E-state index is 12.4. The second-order valence-corrected chi connectivity index (χ2v) is 7.14. The molecule has 2 amide bonds. The van der Waals surface area contributed by atoms with Gasteiger partial charge in [-0.15, -0.1) is 0 Å². The number of rotatable bonds is 7. The molecule has 2 aromatic carbocycles. The molecule has 1 fully saturated rings. The molecule has 1 saturated heterocycles. The van der Waals surface area contributed by atoms with E-state index < -0.39 is 0 Å². The number of aryl methyl sites for hydroxylation is 1. The summed E-state index contributed by atoms with van der Waals surface area (Å²) in [5.41, 5.74) is 2.13. The lowest BCUT2D eigenvalue weighted by Gasteiger charge is -2.35. The van der Waals surface area contributed by atoms with Crippen LogP contribution >= 0.6 is 0 Å². The first-order valence-electron chi connectivity index (χ1n) is 9.91. The number of ether oxygens (including phenoxy) is 1. The van der Waals surface area contributed by atoms with Gasteiger partial charge in [-0.2, -0.15) is 0 Å². The number of hydrogen-bond acceptors (Lipinski definition) is 3. The molecule has 28 heavy (non-hydrogen) atoms. The number of piperazine rings is 1. The molecule has 0 radical (unpaired) electrons. The van der Waals surface area contributed by atoms with Crippen LogP contribution in [0, 0.1) is 6.92 Å². The van der Waals surface area contributed by atoms with Gasteiger partial charge in [-0.25, -0.2) is 0 Å². The van der Waals surface area contributed by atoms with Crippen LogP contribution in [0.2, 0.25) is 0 Å². The number of hydrogen-bond donors (Lipinski definition) is 0. The van der Waals surface area contributed by atoms with E-state index in [4.69, 9.17) is 4.74 Å². The quantitative estimate of drug-likeness (QED) is 0.694. The number of benzene rings is 2. The maximum Gasteiger partial charge on any atom is 0.227 e. The summed E-state index contributed by atoms with van der Waals surface area (Å²) >= 11 is 0. The molecule has 5 nitrogen and oxygen atoms in total. The van der Waals surface area contributed by atoms with Gasteiger partial charge in [-0.1, -0.05) is 48.5 Å². The Morgan fingerprint density at radius 1 is 0.857 bits per heavy atom. The third-order valence-corrected chi connectivity index (χ3v) is 5.07. The van der Waals surface area contributed by atoms with Gasteiger partial charge in [0.2, 0.25) is 11.8 Å². The number of para-hydroxylation sites is 1. The van der Waals surface area contributed by atoms with Crippen molar-refractivity contribution in [1.29, 1.82) is 0 Å². The highest BCUT2D eigenvalue weighted by Crippen LogP contribution is 2.16. The van der Waals surface area contributed by atoms with E-state index in [0.29, 0.717) is 52.0 Å². The normalized spacial score (nSPS) is 14.0. The molecule has 0 unspecified atom stereocenters. The Labute approximate surface area is 166 Å². The van der Waals surface area contributed by atoms with Crippen molar-refractivity contribution in [2.45, 2.75) is 26.2 Å². The first kappa shape index (κ1) is 19.9. The van der Waals surface area contributed by atoms with E-state index >= 15 is 0 Å². The van der Waals surface area contributed by atoms with Crippen molar-refractivity contribution in [3.05, 3.63) is 65.7 Å². The molecule has 0 spiro atoms. The summed E-state index contributed by atoms with van der Waals surface area (Å²) in [4.78, 5) is 28.6. The van der Waals surface area contributed by atoms with Crippen molar-refractivity contribution >= 4 is 11.8 Å². The van der Waals surface area contributed by atoms with Crippen LogP contribution in [0.3, 0.4) is 0 Å². The van der Waals surface area contributed by atoms with Gasteiger partial charge in [0.05, 0.1) is 13.0 Å². The third-order valence-electron chi connectivity index (χ3n) is 5.07. The summed E-state index contributed by atoms with van der Waals surface area (Å²) in [6, 6.07) is 17.7. The van der Waals surface area contributed by atoms with Gasteiger partial charge in [0.25, 0.3) is 0 Å². The largest absolute Gasteiger partial charge is 0.493 e. The van der Waals surface area contributed by atoms with Crippen LogP contribution in [0.25, 0.3) is 0 Å². The molecule has 0 saturated carbocycles. The highest BCUT2D eigenvalue weighted by Gasteiger charge is 2.23. The summed E-state index contributed by atoms with van der Waals surface area (Å²) in [6.07, 6.45) is 1.59. The van der Waals surface area contributed by atoms with Crippen LogP contribution < -0.4 is 4.74 Å². The van der Waals surface area contributed by atoms with Crippen molar-refractivity contribution < 1.29 is 14.3 Å². The Bertz CT molecular complexity index is 783. The Morgan fingerprint density at radius 3 is 2.14 bits per heavy atom. The average Bonchev–Trinajstić information content (AvgIpc) is 2.73. The van der Waals surface area contributed by atoms with Gasteiger partial charge in [0.1, 0.15) is 5.75 Å². The van der Waals surface area contributed by atoms with Gasteiger partial charge in [-0.05, 0) is 30.5 Å². The molecule has 3 rings (SSSR count). The van der Waals surface area contributed by atoms with Crippen molar-refractivity contribution in [1.82, 2.24) is 9.80 Å². The fraction of sp³-hybridized carbons (Fsp3) is 0.391. The van der Waals surface area contributed by atoms with Crippen LogP contribution in [-0.2, 0) is 16.0 Å². The molecule has 2 aromatic rings. The van der Waals surface area contributed by atoms with Crippen molar-refractivity contribution in [3.63, 3.8) is 0 Å². The predicted molar refractivity (Wildman–Crippen MR) is 109 cm³/mol. The standard InChI is InChI=1S/C23H28N2O3/c1-19-8-5-6-11-21(19)28-17-7-12-22(26)24-13-15-25(16-14-24)23(27)18-20-9-3-2-4-10-20/h2-6,8-11H,7,12-18H2,1H3. The molecule has 148 valence electrons. The zero-order valence-electron chi connectivity index (χ0n) is 16.5. The fourth-order valence-corrected chi connectivity index (χ4v) is 3.37. The molecule has 0 aromatic heterocycles. The van der Waals surface area contributed by atoms with Crippen LogP contribution in [0.15, 0.2) is 54.6 Å². The molecule has 1 aliphatic rings. The molecular formula is C23H28N2O3. The van der Waals surface area contributed by atoms with Crippen LogP contribution in [0.4, 0.5) is 0 Å². The molecule has 0 aliphatic carbocycles. The van der Waals surface area contributed by atoms with Gasteiger partial charge in [0, 0.05) is 32.6 Å². The van der Waals surface area contributed by atoms with Crippen LogP contribution in [-0.4, -0.2) is 54.4 Å². The van der Waals surface area contributed by atoms with Gasteiger partial charge >= 0.3 is 0 Å². The molecule has 1 heterocycles. The number of carbonyl (C=O) groups is 2. The van der Waals surface area contributed by atoms with E-state index in [1.54, 1.807) is 0 Å². The van der Waals surface area contributed by atoms with Gasteiger partial charge in [0.15, 0.2) is 0 Å². The SMILES string of the molecule is Cc1ccccc1OCCCC(=O)N1CCN(C(=O)Cc2ccccc2)CC1. The van der Waals surface area contributed by atoms with E-state index in [-0.39, 0.29) is 11.8 Å². The predicted octanol–water partition coefficient (Wildman–Crippen LogP) is 3.07. The maximum atomic E-state index is 12.4. The summed E-state index contributed by atoms with van der Waals surface area (Å²) in [6.45, 7) is 4.98. The van der Waals surface area contributed by atoms with E-state index in [0.717, 1.165) is 16.9 Å². The average molecular weight is 380 g/mol. The number of nitrogens with zero attached hydrogens (tertiary/aromatic N) is 2. The van der Waals surface area contributed by atoms with Crippen molar-refractivity contribution in [2.24, 2.45) is 0 Å². The topological polar surface area (TPSA) is 49.9 Å². The molecule has 0 N–H and O–H groups in total. The first-order valence-corrected chi connectivity index (χ1v) is 9.91. The molecule has 0 atom stereocenters. The Morgan fingerprint density at radius 2 is 1.46 bits per heavy atom. The summed E-state index contributed by atoms with van der Waals surface area (Å²) in [7, 11) is 0. The highest BCUT2D eigenvalue weighted by molar-refractivity contribution is 5.80. The molecule has 1 aliphatic heterocycles. The van der Waals surface area contributed by atoms with Gasteiger partial charge in [-0.3, -0.25) is 9.59 Å². The summed E-state index contributed by atoms with van der Waals surface area (Å²) in [5.74, 6) is 1.15. The monoisotopic (exact) mass is 380 g/mol. The summed E-state index contributed by atoms with van der Waals surface area (Å²) < 4.78 is 5.76. The second kappa shape index (κ2) is 9.93. The van der Waals surface area contributed by atoms with E-state index in [9.17, 15) is 9.59 Å². The smallest absolute Gasteiger partial charge is 0.227 e. The van der Waals surface area contributed by atoms with E-state index in [2.05, 4.69) is 0 Å². The van der Waals surface area contributed by atoms with E-state index in [1.807, 2.05) is 71.3 Å². The molecule has 0 bridgehead atoms. The van der Waals surface area contributed by atoms with Crippen molar-refractivity contribution in [3.8, 4) is 5.75 Å².